The molecular weight excluding hydrogens is 448 g/mol. The summed E-state index contributed by atoms with van der Waals surface area (Å²) in [4.78, 5) is 14.8. The largest absolute Gasteiger partial charge is 0.495 e. The van der Waals surface area contributed by atoms with Crippen LogP contribution in [0.15, 0.2) is 65.6 Å². The number of fused-ring (bicyclic) bond motifs is 1. The molecule has 6 nitrogen and oxygen atoms in total. The first-order valence-electron chi connectivity index (χ1n) is 10.1. The Morgan fingerprint density at radius 1 is 1.12 bits per heavy atom. The summed E-state index contributed by atoms with van der Waals surface area (Å²) in [6, 6.07) is 17.5. The maximum atomic E-state index is 12.9. The SMILES string of the molecule is COc1ccc(S(=O)(=O)NCc2ccc3c(c2)CCN3C(=O)c2cccc(C)c2)cc1Cl. The van der Waals surface area contributed by atoms with Crippen LogP contribution >= 0.6 is 11.6 Å². The molecule has 3 aromatic rings. The number of carbonyl (C=O) groups excluding carboxylic acids is 1. The van der Waals surface area contributed by atoms with E-state index in [1.54, 1.807) is 4.90 Å². The van der Waals surface area contributed by atoms with Gasteiger partial charge >= 0.3 is 0 Å². The lowest BCUT2D eigenvalue weighted by Crippen LogP contribution is -2.28. The van der Waals surface area contributed by atoms with Crippen LogP contribution in [-0.4, -0.2) is 28.0 Å². The molecule has 0 aromatic heterocycles. The molecular formula is C24H23ClN2O4S. The average Bonchev–Trinajstić information content (AvgIpc) is 3.20. The monoisotopic (exact) mass is 470 g/mol. The third-order valence-electron chi connectivity index (χ3n) is 5.45. The molecule has 0 atom stereocenters. The highest BCUT2D eigenvalue weighted by Gasteiger charge is 2.26. The molecule has 0 saturated heterocycles. The second kappa shape index (κ2) is 8.94. The molecule has 0 spiro atoms. The lowest BCUT2D eigenvalue weighted by molar-refractivity contribution is 0.0989. The van der Waals surface area contributed by atoms with Crippen molar-refractivity contribution in [1.82, 2.24) is 4.72 Å². The number of anilines is 1. The summed E-state index contributed by atoms with van der Waals surface area (Å²) in [6.07, 6.45) is 0.724. The standard InChI is InChI=1S/C24H23ClN2O4S/c1-16-4-3-5-19(12-16)24(28)27-11-10-18-13-17(6-8-22(18)27)15-26-32(29,30)20-7-9-23(31-2)21(25)14-20/h3-9,12-14,26H,10-11,15H2,1-2H3. The number of carbonyl (C=O) groups is 1. The molecule has 1 heterocycles. The fraction of sp³-hybridized carbons (Fsp3) is 0.208. The minimum atomic E-state index is -3.74. The number of sulfonamides is 1. The molecule has 1 aliphatic rings. The van der Waals surface area contributed by atoms with Gasteiger partial charge in [-0.1, -0.05) is 41.4 Å². The lowest BCUT2D eigenvalue weighted by Gasteiger charge is -2.18. The number of amides is 1. The maximum absolute atomic E-state index is 12.9. The van der Waals surface area contributed by atoms with Crippen LogP contribution in [0.1, 0.15) is 27.0 Å². The minimum absolute atomic E-state index is 0.0303. The summed E-state index contributed by atoms with van der Waals surface area (Å²) in [5, 5.41) is 0.228. The zero-order valence-electron chi connectivity index (χ0n) is 17.8. The van der Waals surface area contributed by atoms with E-state index in [4.69, 9.17) is 16.3 Å². The Balaban J connectivity index is 1.48. The van der Waals surface area contributed by atoms with Gasteiger partial charge in [-0.3, -0.25) is 4.79 Å². The van der Waals surface area contributed by atoms with E-state index in [2.05, 4.69) is 4.72 Å². The van der Waals surface area contributed by atoms with Crippen molar-refractivity contribution < 1.29 is 17.9 Å². The Labute approximate surface area is 192 Å². The number of benzene rings is 3. The number of nitrogens with one attached hydrogen (secondary N) is 1. The molecule has 3 aromatic carbocycles. The molecule has 0 saturated carbocycles. The van der Waals surface area contributed by atoms with Crippen LogP contribution < -0.4 is 14.4 Å². The fourth-order valence-electron chi connectivity index (χ4n) is 3.79. The van der Waals surface area contributed by atoms with Gasteiger partial charge < -0.3 is 9.64 Å². The molecule has 1 aliphatic heterocycles. The topological polar surface area (TPSA) is 75.7 Å². The summed E-state index contributed by atoms with van der Waals surface area (Å²) in [5.41, 5.74) is 4.40. The highest BCUT2D eigenvalue weighted by atomic mass is 35.5. The predicted octanol–water partition coefficient (Wildman–Crippen LogP) is 4.34. The highest BCUT2D eigenvalue weighted by molar-refractivity contribution is 7.89. The van der Waals surface area contributed by atoms with Crippen molar-refractivity contribution in [3.63, 3.8) is 0 Å². The van der Waals surface area contributed by atoms with Crippen LogP contribution in [0.3, 0.4) is 0 Å². The summed E-state index contributed by atoms with van der Waals surface area (Å²) in [7, 11) is -2.27. The van der Waals surface area contributed by atoms with Gasteiger partial charge in [0, 0.05) is 24.3 Å². The van der Waals surface area contributed by atoms with Gasteiger partial charge in [-0.2, -0.15) is 0 Å². The highest BCUT2D eigenvalue weighted by Crippen LogP contribution is 2.31. The van der Waals surface area contributed by atoms with E-state index in [9.17, 15) is 13.2 Å². The van der Waals surface area contributed by atoms with Crippen molar-refractivity contribution in [3.8, 4) is 5.75 Å². The quantitative estimate of drug-likeness (QED) is 0.581. The zero-order valence-corrected chi connectivity index (χ0v) is 19.3. The third kappa shape index (κ3) is 4.50. The predicted molar refractivity (Wildman–Crippen MR) is 125 cm³/mol. The molecule has 32 heavy (non-hydrogen) atoms. The van der Waals surface area contributed by atoms with Crippen LogP contribution in [-0.2, 0) is 23.0 Å². The second-order valence-electron chi connectivity index (χ2n) is 7.66. The number of halogens is 1. The van der Waals surface area contributed by atoms with Crippen molar-refractivity contribution in [2.24, 2.45) is 0 Å². The van der Waals surface area contributed by atoms with Gasteiger partial charge in [-0.05, 0) is 60.9 Å². The van der Waals surface area contributed by atoms with Gasteiger partial charge in [-0.15, -0.1) is 0 Å². The Hall–Kier alpha value is -2.87. The van der Waals surface area contributed by atoms with Crippen molar-refractivity contribution in [1.29, 1.82) is 0 Å². The van der Waals surface area contributed by atoms with Crippen LogP contribution in [0.25, 0.3) is 0 Å². The number of methoxy groups -OCH3 is 1. The van der Waals surface area contributed by atoms with Crippen LogP contribution in [0.4, 0.5) is 5.69 Å². The Kier molecular flexibility index (Phi) is 6.24. The van der Waals surface area contributed by atoms with Crippen molar-refractivity contribution in [2.45, 2.75) is 24.8 Å². The lowest BCUT2D eigenvalue weighted by atomic mass is 10.1. The summed E-state index contributed by atoms with van der Waals surface area (Å²) in [6.45, 7) is 2.69. The second-order valence-corrected chi connectivity index (χ2v) is 9.83. The van der Waals surface area contributed by atoms with Crippen LogP contribution in [0, 0.1) is 6.92 Å². The first-order valence-corrected chi connectivity index (χ1v) is 12.0. The molecule has 0 aliphatic carbocycles. The number of hydrogen-bond donors (Lipinski definition) is 1. The number of ether oxygens (including phenoxy) is 1. The smallest absolute Gasteiger partial charge is 0.258 e. The summed E-state index contributed by atoms with van der Waals surface area (Å²) in [5.74, 6) is 0.381. The van der Waals surface area contributed by atoms with E-state index in [0.717, 1.165) is 28.8 Å². The van der Waals surface area contributed by atoms with Crippen molar-refractivity contribution in [2.75, 3.05) is 18.6 Å². The van der Waals surface area contributed by atoms with Crippen LogP contribution in [0.2, 0.25) is 5.02 Å². The molecule has 1 N–H and O–H groups in total. The van der Waals surface area contributed by atoms with E-state index in [1.165, 1.54) is 25.3 Å². The number of aryl methyl sites for hydroxylation is 1. The molecule has 0 radical (unpaired) electrons. The maximum Gasteiger partial charge on any atom is 0.258 e. The van der Waals surface area contributed by atoms with Gasteiger partial charge in [0.15, 0.2) is 0 Å². The van der Waals surface area contributed by atoms with E-state index in [0.29, 0.717) is 17.9 Å². The summed E-state index contributed by atoms with van der Waals surface area (Å²) >= 11 is 6.06. The van der Waals surface area contributed by atoms with Gasteiger partial charge in [-0.25, -0.2) is 13.1 Å². The molecule has 0 unspecified atom stereocenters. The molecule has 8 heteroatoms. The number of nitrogens with zero attached hydrogens (tertiary/aromatic N) is 1. The third-order valence-corrected chi connectivity index (χ3v) is 7.14. The summed E-state index contributed by atoms with van der Waals surface area (Å²) < 4.78 is 33.0. The van der Waals surface area contributed by atoms with E-state index in [-0.39, 0.29) is 22.4 Å². The normalized spacial score (nSPS) is 13.2. The van der Waals surface area contributed by atoms with E-state index < -0.39 is 10.0 Å². The fourth-order valence-corrected chi connectivity index (χ4v) is 5.15. The zero-order chi connectivity index (χ0) is 22.9. The number of hydrogen-bond acceptors (Lipinski definition) is 4. The van der Waals surface area contributed by atoms with Gasteiger partial charge in [0.05, 0.1) is 17.0 Å². The molecule has 1 amide bonds. The first-order chi connectivity index (χ1) is 15.3. The van der Waals surface area contributed by atoms with E-state index in [1.807, 2.05) is 49.4 Å². The molecule has 0 bridgehead atoms. The average molecular weight is 471 g/mol. The Bertz CT molecular complexity index is 1290. The van der Waals surface area contributed by atoms with E-state index >= 15 is 0 Å². The Morgan fingerprint density at radius 2 is 1.94 bits per heavy atom. The molecule has 0 fully saturated rings. The Morgan fingerprint density at radius 3 is 2.66 bits per heavy atom. The number of rotatable bonds is 6. The first kappa shape index (κ1) is 22.3. The van der Waals surface area contributed by atoms with Gasteiger partial charge in [0.2, 0.25) is 10.0 Å². The minimum Gasteiger partial charge on any atom is -0.495 e. The van der Waals surface area contributed by atoms with Gasteiger partial charge in [0.25, 0.3) is 5.91 Å². The van der Waals surface area contributed by atoms with Gasteiger partial charge in [0.1, 0.15) is 5.75 Å². The molecule has 166 valence electrons. The van der Waals surface area contributed by atoms with Crippen molar-refractivity contribution in [3.05, 3.63) is 87.9 Å². The van der Waals surface area contributed by atoms with Crippen molar-refractivity contribution >= 4 is 33.2 Å². The molecule has 4 rings (SSSR count). The van der Waals surface area contributed by atoms with Crippen LogP contribution in [0.5, 0.6) is 5.75 Å².